The van der Waals surface area contributed by atoms with Crippen molar-refractivity contribution >= 4 is 11.6 Å². The molecule has 1 rings (SSSR count). The Bertz CT molecular complexity index is 496. The zero-order valence-electron chi connectivity index (χ0n) is 11.1. The summed E-state index contributed by atoms with van der Waals surface area (Å²) in [5.41, 5.74) is 2.99. The van der Waals surface area contributed by atoms with Gasteiger partial charge in [0, 0.05) is 6.54 Å². The first-order chi connectivity index (χ1) is 9.14. The Morgan fingerprint density at radius 2 is 1.95 bits per heavy atom. The van der Waals surface area contributed by atoms with E-state index in [4.69, 9.17) is 5.73 Å². The topological polar surface area (TPSA) is 55.1 Å². The maximum atomic E-state index is 13.5. The van der Waals surface area contributed by atoms with Crippen molar-refractivity contribution in [3.63, 3.8) is 0 Å². The summed E-state index contributed by atoms with van der Waals surface area (Å²) in [6.45, 7) is 3.29. The molecular weight excluding hydrogens is 276 g/mol. The minimum Gasteiger partial charge on any atom is -0.329 e. The fourth-order valence-electron chi connectivity index (χ4n) is 1.47. The molecule has 1 aromatic rings. The molecule has 0 aliphatic rings. The monoisotopic (exact) mass is 292 g/mol. The van der Waals surface area contributed by atoms with Gasteiger partial charge in [0.2, 0.25) is 5.91 Å². The second-order valence-corrected chi connectivity index (χ2v) is 4.76. The molecule has 7 heteroatoms. The molecule has 1 unspecified atom stereocenters. The van der Waals surface area contributed by atoms with Gasteiger partial charge in [-0.05, 0) is 31.5 Å². The Labute approximate surface area is 114 Å². The van der Waals surface area contributed by atoms with Crippen LogP contribution < -0.4 is 11.1 Å². The summed E-state index contributed by atoms with van der Waals surface area (Å²) in [4.78, 5) is 12.0. The van der Waals surface area contributed by atoms with Gasteiger partial charge in [0.1, 0.15) is 5.82 Å². The first-order valence-corrected chi connectivity index (χ1v) is 6.02. The lowest BCUT2D eigenvalue weighted by Crippen LogP contribution is -2.39. The number of rotatable bonds is 4. The van der Waals surface area contributed by atoms with Gasteiger partial charge in [0.05, 0.1) is 16.7 Å². The van der Waals surface area contributed by atoms with Crippen molar-refractivity contribution in [1.82, 2.24) is 0 Å². The molecule has 0 fully saturated rings. The SMILES string of the molecule is CCC(C)(CN)C(=O)Nc1cc(C(F)(F)F)ccc1F. The van der Waals surface area contributed by atoms with E-state index in [2.05, 4.69) is 5.32 Å². The van der Waals surface area contributed by atoms with Gasteiger partial charge in [-0.3, -0.25) is 4.79 Å². The highest BCUT2D eigenvalue weighted by Crippen LogP contribution is 2.32. The maximum absolute atomic E-state index is 13.5. The van der Waals surface area contributed by atoms with Gasteiger partial charge in [-0.25, -0.2) is 4.39 Å². The lowest BCUT2D eigenvalue weighted by molar-refractivity contribution is -0.137. The second-order valence-electron chi connectivity index (χ2n) is 4.76. The van der Waals surface area contributed by atoms with Crippen molar-refractivity contribution in [1.29, 1.82) is 0 Å². The minimum absolute atomic E-state index is 0.00984. The largest absolute Gasteiger partial charge is 0.416 e. The number of halogens is 4. The van der Waals surface area contributed by atoms with E-state index in [1.54, 1.807) is 13.8 Å². The van der Waals surface area contributed by atoms with Crippen LogP contribution >= 0.6 is 0 Å². The minimum atomic E-state index is -4.60. The van der Waals surface area contributed by atoms with Crippen LogP contribution in [-0.2, 0) is 11.0 Å². The number of hydrogen-bond donors (Lipinski definition) is 2. The lowest BCUT2D eigenvalue weighted by atomic mass is 9.86. The highest BCUT2D eigenvalue weighted by molar-refractivity contribution is 5.95. The zero-order valence-corrected chi connectivity index (χ0v) is 11.1. The molecule has 20 heavy (non-hydrogen) atoms. The van der Waals surface area contributed by atoms with E-state index < -0.39 is 34.6 Å². The Kier molecular flexibility index (Phi) is 4.75. The Morgan fingerprint density at radius 1 is 1.35 bits per heavy atom. The fraction of sp³-hybridized carbons (Fsp3) is 0.462. The van der Waals surface area contributed by atoms with Crippen LogP contribution in [0.15, 0.2) is 18.2 Å². The predicted molar refractivity (Wildman–Crippen MR) is 67.5 cm³/mol. The number of alkyl halides is 3. The number of carbonyl (C=O) groups is 1. The second kappa shape index (κ2) is 5.78. The number of anilines is 1. The number of benzene rings is 1. The van der Waals surface area contributed by atoms with Gasteiger partial charge in [0.25, 0.3) is 0 Å². The van der Waals surface area contributed by atoms with E-state index in [1.807, 2.05) is 0 Å². The Hall–Kier alpha value is -1.63. The smallest absolute Gasteiger partial charge is 0.329 e. The van der Waals surface area contributed by atoms with E-state index in [0.29, 0.717) is 24.6 Å². The fourth-order valence-corrected chi connectivity index (χ4v) is 1.47. The van der Waals surface area contributed by atoms with E-state index >= 15 is 0 Å². The van der Waals surface area contributed by atoms with Crippen LogP contribution in [0.4, 0.5) is 23.2 Å². The molecule has 1 amide bonds. The number of nitrogens with one attached hydrogen (secondary N) is 1. The molecular formula is C13H16F4N2O. The zero-order chi connectivity index (χ0) is 15.6. The van der Waals surface area contributed by atoms with Crippen LogP contribution in [0.2, 0.25) is 0 Å². The molecule has 0 aliphatic heterocycles. The maximum Gasteiger partial charge on any atom is 0.416 e. The third-order valence-corrected chi connectivity index (χ3v) is 3.32. The Balaban J connectivity index is 3.06. The van der Waals surface area contributed by atoms with Crippen molar-refractivity contribution in [3.05, 3.63) is 29.6 Å². The van der Waals surface area contributed by atoms with Gasteiger partial charge in [0.15, 0.2) is 0 Å². The van der Waals surface area contributed by atoms with Crippen LogP contribution in [0, 0.1) is 11.2 Å². The summed E-state index contributed by atoms with van der Waals surface area (Å²) in [5, 5.41) is 2.17. The molecule has 0 heterocycles. The third kappa shape index (κ3) is 3.47. The molecule has 0 spiro atoms. The molecule has 1 aromatic carbocycles. The summed E-state index contributed by atoms with van der Waals surface area (Å²) in [6, 6.07) is 1.86. The van der Waals surface area contributed by atoms with Crippen molar-refractivity contribution in [3.8, 4) is 0 Å². The quantitative estimate of drug-likeness (QED) is 0.838. The van der Waals surface area contributed by atoms with Crippen LogP contribution in [0.25, 0.3) is 0 Å². The van der Waals surface area contributed by atoms with E-state index in [-0.39, 0.29) is 6.54 Å². The summed E-state index contributed by atoms with van der Waals surface area (Å²) in [5.74, 6) is -1.54. The highest BCUT2D eigenvalue weighted by Gasteiger charge is 2.33. The van der Waals surface area contributed by atoms with E-state index in [1.165, 1.54) is 0 Å². The standard InChI is InChI=1S/C13H16F4N2O/c1-3-12(2,7-18)11(20)19-10-6-8(13(15,16)17)4-5-9(10)14/h4-6H,3,7,18H2,1-2H3,(H,19,20). The van der Waals surface area contributed by atoms with Crippen molar-refractivity contribution in [2.75, 3.05) is 11.9 Å². The van der Waals surface area contributed by atoms with Crippen molar-refractivity contribution < 1.29 is 22.4 Å². The van der Waals surface area contributed by atoms with Gasteiger partial charge >= 0.3 is 6.18 Å². The predicted octanol–water partition coefficient (Wildman–Crippen LogP) is 3.16. The molecule has 0 saturated heterocycles. The average molecular weight is 292 g/mol. The first kappa shape index (κ1) is 16.4. The Morgan fingerprint density at radius 3 is 2.40 bits per heavy atom. The van der Waals surface area contributed by atoms with E-state index in [9.17, 15) is 22.4 Å². The molecule has 0 bridgehead atoms. The van der Waals surface area contributed by atoms with Gasteiger partial charge in [-0.1, -0.05) is 6.92 Å². The van der Waals surface area contributed by atoms with Crippen molar-refractivity contribution in [2.24, 2.45) is 11.1 Å². The average Bonchev–Trinajstić information content (AvgIpc) is 2.38. The van der Waals surface area contributed by atoms with Crippen LogP contribution in [0.3, 0.4) is 0 Å². The summed E-state index contributed by atoms with van der Waals surface area (Å²) in [7, 11) is 0. The normalized spacial score (nSPS) is 14.8. The molecule has 1 atom stereocenters. The molecule has 0 aromatic heterocycles. The molecule has 0 saturated carbocycles. The molecule has 3 N–H and O–H groups in total. The number of nitrogens with two attached hydrogens (primary N) is 1. The lowest BCUT2D eigenvalue weighted by Gasteiger charge is -2.25. The third-order valence-electron chi connectivity index (χ3n) is 3.32. The van der Waals surface area contributed by atoms with Crippen molar-refractivity contribution in [2.45, 2.75) is 26.4 Å². The van der Waals surface area contributed by atoms with E-state index in [0.717, 1.165) is 0 Å². The summed E-state index contributed by atoms with van der Waals surface area (Å²) >= 11 is 0. The summed E-state index contributed by atoms with van der Waals surface area (Å²) < 4.78 is 51.1. The number of hydrogen-bond acceptors (Lipinski definition) is 2. The van der Waals surface area contributed by atoms with Gasteiger partial charge < -0.3 is 11.1 Å². The highest BCUT2D eigenvalue weighted by atomic mass is 19.4. The molecule has 0 radical (unpaired) electrons. The van der Waals surface area contributed by atoms with Crippen LogP contribution in [0.1, 0.15) is 25.8 Å². The van der Waals surface area contributed by atoms with Gasteiger partial charge in [-0.2, -0.15) is 13.2 Å². The first-order valence-electron chi connectivity index (χ1n) is 6.02. The van der Waals surface area contributed by atoms with Crippen LogP contribution in [0.5, 0.6) is 0 Å². The molecule has 112 valence electrons. The van der Waals surface area contributed by atoms with Crippen LogP contribution in [-0.4, -0.2) is 12.5 Å². The summed E-state index contributed by atoms with van der Waals surface area (Å²) in [6.07, 6.45) is -4.22. The number of carbonyl (C=O) groups excluding carboxylic acids is 1. The molecule has 0 aliphatic carbocycles. The van der Waals surface area contributed by atoms with Gasteiger partial charge in [-0.15, -0.1) is 0 Å². The number of amides is 1. The molecule has 3 nitrogen and oxygen atoms in total.